The van der Waals surface area contributed by atoms with E-state index < -0.39 is 34.2 Å². The van der Waals surface area contributed by atoms with Crippen LogP contribution in [0.5, 0.6) is 0 Å². The molecule has 1 aromatic carbocycles. The molecule has 0 radical (unpaired) electrons. The maximum absolute atomic E-state index is 13.1. The molecule has 0 unspecified atom stereocenters. The lowest BCUT2D eigenvalue weighted by atomic mass is 10.0. The highest BCUT2D eigenvalue weighted by Gasteiger charge is 2.46. The van der Waals surface area contributed by atoms with Crippen LogP contribution in [0.2, 0.25) is 0 Å². The quantitative estimate of drug-likeness (QED) is 0.439. The Morgan fingerprint density at radius 1 is 1.18 bits per heavy atom. The van der Waals surface area contributed by atoms with Gasteiger partial charge in [-0.2, -0.15) is 5.10 Å². The van der Waals surface area contributed by atoms with Crippen LogP contribution in [0.3, 0.4) is 0 Å². The first kappa shape index (κ1) is 23.0. The summed E-state index contributed by atoms with van der Waals surface area (Å²) in [7, 11) is 0. The van der Waals surface area contributed by atoms with Crippen LogP contribution in [0.25, 0.3) is 0 Å². The molecule has 0 spiro atoms. The predicted molar refractivity (Wildman–Crippen MR) is 116 cm³/mol. The van der Waals surface area contributed by atoms with Crippen molar-refractivity contribution < 1.29 is 34.3 Å². The van der Waals surface area contributed by atoms with E-state index in [0.717, 1.165) is 4.90 Å². The van der Waals surface area contributed by atoms with Gasteiger partial charge in [0.25, 0.3) is 11.6 Å². The largest absolute Gasteiger partial charge is 0.465 e. The SMILES string of the molecule is CC1(C)c2nn(C(=O)O)c(NC(=O)c3ccc(N4CCOCC4)cc3[N+](=O)[O-])c2CN1C(=O)O. The van der Waals surface area contributed by atoms with Crippen LogP contribution in [-0.2, 0) is 16.8 Å². The molecule has 1 saturated heterocycles. The summed E-state index contributed by atoms with van der Waals surface area (Å²) in [6.07, 6.45) is -2.74. The summed E-state index contributed by atoms with van der Waals surface area (Å²) in [4.78, 5) is 50.5. The summed E-state index contributed by atoms with van der Waals surface area (Å²) in [6, 6.07) is 4.16. The van der Waals surface area contributed by atoms with E-state index in [-0.39, 0.29) is 29.2 Å². The van der Waals surface area contributed by atoms with Crippen LogP contribution in [-0.4, -0.2) is 74.2 Å². The number of carbonyl (C=O) groups excluding carboxylic acids is 1. The molecule has 2 amide bonds. The number of benzene rings is 1. The number of hydrogen-bond donors (Lipinski definition) is 3. The van der Waals surface area contributed by atoms with Crippen LogP contribution in [0.1, 0.15) is 35.5 Å². The molecule has 3 N–H and O–H groups in total. The molecule has 2 aliphatic heterocycles. The highest BCUT2D eigenvalue weighted by molar-refractivity contribution is 6.08. The van der Waals surface area contributed by atoms with Gasteiger partial charge in [0.2, 0.25) is 0 Å². The fourth-order valence-corrected chi connectivity index (χ4v) is 4.21. The topological polar surface area (TPSA) is 180 Å². The number of anilines is 2. The average molecular weight is 474 g/mol. The lowest BCUT2D eigenvalue weighted by Crippen LogP contribution is -2.40. The number of aromatic nitrogens is 2. The molecule has 0 aliphatic carbocycles. The normalized spacial score (nSPS) is 16.8. The third-order valence-corrected chi connectivity index (χ3v) is 6.00. The molecule has 2 aromatic rings. The monoisotopic (exact) mass is 474 g/mol. The van der Waals surface area contributed by atoms with E-state index >= 15 is 0 Å². The van der Waals surface area contributed by atoms with Crippen molar-refractivity contribution in [2.75, 3.05) is 36.5 Å². The third kappa shape index (κ3) is 3.77. The number of morpholine rings is 1. The Bertz CT molecular complexity index is 1200. The highest BCUT2D eigenvalue weighted by atomic mass is 16.6. The second-order valence-corrected chi connectivity index (χ2v) is 8.31. The third-order valence-electron chi connectivity index (χ3n) is 6.00. The van der Waals surface area contributed by atoms with Crippen LogP contribution in [0.4, 0.5) is 26.8 Å². The zero-order valence-electron chi connectivity index (χ0n) is 18.3. The lowest BCUT2D eigenvalue weighted by molar-refractivity contribution is -0.385. The molecular formula is C20H22N6O8. The number of carbonyl (C=O) groups is 3. The highest BCUT2D eigenvalue weighted by Crippen LogP contribution is 2.41. The molecule has 2 aliphatic rings. The molecule has 1 fully saturated rings. The fourth-order valence-electron chi connectivity index (χ4n) is 4.21. The van der Waals surface area contributed by atoms with Gasteiger partial charge < -0.3 is 25.2 Å². The van der Waals surface area contributed by atoms with Crippen LogP contribution in [0.15, 0.2) is 18.2 Å². The smallest absolute Gasteiger partial charge is 0.434 e. The second-order valence-electron chi connectivity index (χ2n) is 8.31. The van der Waals surface area contributed by atoms with Crippen LogP contribution < -0.4 is 10.2 Å². The van der Waals surface area contributed by atoms with Gasteiger partial charge in [-0.3, -0.25) is 19.8 Å². The first-order chi connectivity index (χ1) is 16.0. The van der Waals surface area contributed by atoms with Gasteiger partial charge in [0.15, 0.2) is 0 Å². The second kappa shape index (κ2) is 8.30. The van der Waals surface area contributed by atoms with Crippen molar-refractivity contribution in [2.45, 2.75) is 25.9 Å². The molecule has 0 saturated carbocycles. The Balaban J connectivity index is 1.70. The predicted octanol–water partition coefficient (Wildman–Crippen LogP) is 2.13. The van der Waals surface area contributed by atoms with Crippen LogP contribution in [0, 0.1) is 10.1 Å². The average Bonchev–Trinajstić information content (AvgIpc) is 3.28. The van der Waals surface area contributed by atoms with Crippen molar-refractivity contribution in [2.24, 2.45) is 0 Å². The number of amides is 2. The molecule has 4 rings (SSSR count). The maximum Gasteiger partial charge on any atom is 0.434 e. The molecule has 0 bridgehead atoms. The first-order valence-electron chi connectivity index (χ1n) is 10.3. The minimum absolute atomic E-state index is 0.171. The van der Waals surface area contributed by atoms with Gasteiger partial charge in [-0.25, -0.2) is 9.59 Å². The van der Waals surface area contributed by atoms with Crippen molar-refractivity contribution in [3.05, 3.63) is 45.1 Å². The number of carboxylic acid groups (broad SMARTS) is 2. The van der Waals surface area contributed by atoms with Gasteiger partial charge in [0.1, 0.15) is 11.4 Å². The summed E-state index contributed by atoms with van der Waals surface area (Å²) in [5.74, 6) is -1.17. The van der Waals surface area contributed by atoms with Crippen molar-refractivity contribution in [1.82, 2.24) is 14.7 Å². The van der Waals surface area contributed by atoms with Gasteiger partial charge in [-0.1, -0.05) is 0 Å². The van der Waals surface area contributed by atoms with E-state index in [9.17, 15) is 34.7 Å². The number of nitrogens with one attached hydrogen (secondary N) is 1. The molecule has 1 aromatic heterocycles. The number of ether oxygens (including phenoxy) is 1. The minimum atomic E-state index is -1.50. The number of nitro groups is 1. The lowest BCUT2D eigenvalue weighted by Gasteiger charge is -2.28. The van der Waals surface area contributed by atoms with Gasteiger partial charge in [-0.15, -0.1) is 4.68 Å². The standard InChI is InChI=1S/C20H22N6O8/c1-20(2)15-13(10-24(20)18(28)29)16(25(22-15)19(30)31)21-17(27)12-4-3-11(9-14(12)26(32)33)23-5-7-34-8-6-23/h3-4,9H,5-8,10H2,1-2H3,(H,21,27)(H,28,29)(H,30,31). The summed E-state index contributed by atoms with van der Waals surface area (Å²) in [5.41, 5.74) is -0.941. The van der Waals surface area contributed by atoms with Gasteiger partial charge in [0.05, 0.1) is 35.9 Å². The molecular weight excluding hydrogens is 452 g/mol. The summed E-state index contributed by atoms with van der Waals surface area (Å²) >= 11 is 0. The Labute approximate surface area is 192 Å². The maximum atomic E-state index is 13.1. The molecule has 3 heterocycles. The summed E-state index contributed by atoms with van der Waals surface area (Å²) < 4.78 is 5.83. The van der Waals surface area contributed by atoms with Crippen molar-refractivity contribution in [3.8, 4) is 0 Å². The van der Waals surface area contributed by atoms with E-state index in [1.807, 2.05) is 4.90 Å². The van der Waals surface area contributed by atoms with Gasteiger partial charge in [0, 0.05) is 30.4 Å². The van der Waals surface area contributed by atoms with E-state index in [0.29, 0.717) is 36.7 Å². The number of hydrogen-bond acceptors (Lipinski definition) is 8. The van der Waals surface area contributed by atoms with E-state index in [1.54, 1.807) is 19.9 Å². The zero-order valence-corrected chi connectivity index (χ0v) is 18.3. The van der Waals surface area contributed by atoms with E-state index in [2.05, 4.69) is 10.4 Å². The van der Waals surface area contributed by atoms with E-state index in [1.165, 1.54) is 12.1 Å². The number of fused-ring (bicyclic) bond motifs is 1. The Hall–Kier alpha value is -4.20. The molecule has 0 atom stereocenters. The van der Waals surface area contributed by atoms with Crippen LogP contribution >= 0.6 is 0 Å². The molecule has 34 heavy (non-hydrogen) atoms. The van der Waals surface area contributed by atoms with Gasteiger partial charge >= 0.3 is 12.2 Å². The fraction of sp³-hybridized carbons (Fsp3) is 0.400. The van der Waals surface area contributed by atoms with E-state index in [4.69, 9.17) is 4.74 Å². The molecule has 14 nitrogen and oxygen atoms in total. The molecule has 14 heteroatoms. The Morgan fingerprint density at radius 3 is 2.44 bits per heavy atom. The first-order valence-corrected chi connectivity index (χ1v) is 10.3. The number of nitrogens with zero attached hydrogens (tertiary/aromatic N) is 5. The minimum Gasteiger partial charge on any atom is -0.465 e. The van der Waals surface area contributed by atoms with Crippen molar-refractivity contribution in [1.29, 1.82) is 0 Å². The zero-order chi connectivity index (χ0) is 24.8. The summed E-state index contributed by atoms with van der Waals surface area (Å²) in [6.45, 7) is 4.96. The summed E-state index contributed by atoms with van der Waals surface area (Å²) in [5, 5.41) is 37.2. The molecule has 180 valence electrons. The Kier molecular flexibility index (Phi) is 5.61. The number of rotatable bonds is 4. The van der Waals surface area contributed by atoms with Crippen molar-refractivity contribution >= 4 is 35.3 Å². The number of nitro benzene ring substituents is 1. The Morgan fingerprint density at radius 2 is 1.85 bits per heavy atom. The van der Waals surface area contributed by atoms with Crippen molar-refractivity contribution in [3.63, 3.8) is 0 Å². The van der Waals surface area contributed by atoms with Gasteiger partial charge in [-0.05, 0) is 26.0 Å².